The number of hydrogen-bond acceptors (Lipinski definition) is 8. The van der Waals surface area contributed by atoms with Crippen LogP contribution in [0.1, 0.15) is 36.0 Å². The van der Waals surface area contributed by atoms with E-state index in [0.717, 1.165) is 32.0 Å². The van der Waals surface area contributed by atoms with Crippen LogP contribution in [0.4, 0.5) is 23.1 Å². The van der Waals surface area contributed by atoms with Gasteiger partial charge < -0.3 is 27.5 Å². The molecule has 0 aliphatic heterocycles. The second-order valence-electron chi connectivity index (χ2n) is 6.38. The van der Waals surface area contributed by atoms with E-state index < -0.39 is 5.91 Å². The third kappa shape index (κ3) is 4.72. The molecule has 10 nitrogen and oxygen atoms in total. The number of carbonyl (C=O) groups is 1. The fourth-order valence-corrected chi connectivity index (χ4v) is 2.97. The third-order valence-electron chi connectivity index (χ3n) is 4.36. The first-order chi connectivity index (χ1) is 13.6. The zero-order chi connectivity index (χ0) is 19.9. The topological polar surface area (TPSA) is 167 Å². The Morgan fingerprint density at radius 1 is 1.32 bits per heavy atom. The number of aromatic nitrogens is 2. The molecule has 1 aromatic heterocycles. The summed E-state index contributed by atoms with van der Waals surface area (Å²) in [6.07, 6.45) is 6.24. The number of carbonyl (C=O) groups excluding carboxylic acids is 1. The third-order valence-corrected chi connectivity index (χ3v) is 4.36. The Balaban J connectivity index is 1.84. The number of anilines is 4. The Morgan fingerprint density at radius 2 is 2.14 bits per heavy atom. The summed E-state index contributed by atoms with van der Waals surface area (Å²) >= 11 is 0. The molecule has 8 N–H and O–H groups in total. The summed E-state index contributed by atoms with van der Waals surface area (Å²) in [5.41, 5.74) is 15.7. The number of nitrogens with one attached hydrogen (secondary N) is 4. The van der Waals surface area contributed by atoms with E-state index in [9.17, 15) is 4.79 Å². The molecule has 10 heteroatoms. The second kappa shape index (κ2) is 8.80. The largest absolute Gasteiger partial charge is 0.388 e. The average Bonchev–Trinajstić information content (AvgIpc) is 2.68. The molecule has 1 atom stereocenters. The molecule has 1 aliphatic rings. The number of nitrogens with two attached hydrogens (primary N) is 2. The minimum absolute atomic E-state index is 0.0947. The SMILES string of the molecule is N=C1CCCC[C@H]1Nc1ncc(C(N)=O)c(Nc2cccc(N/N=C\N)c2)n1. The van der Waals surface area contributed by atoms with Gasteiger partial charge in [-0.1, -0.05) is 12.5 Å². The Hall–Kier alpha value is -3.69. The van der Waals surface area contributed by atoms with Gasteiger partial charge in [0.1, 0.15) is 17.7 Å². The summed E-state index contributed by atoms with van der Waals surface area (Å²) in [5.74, 6) is -0.0144. The van der Waals surface area contributed by atoms with Gasteiger partial charge >= 0.3 is 0 Å². The van der Waals surface area contributed by atoms with Crippen LogP contribution in [-0.2, 0) is 0 Å². The number of benzene rings is 1. The van der Waals surface area contributed by atoms with Gasteiger partial charge in [-0.2, -0.15) is 10.1 Å². The molecule has 146 valence electrons. The summed E-state index contributed by atoms with van der Waals surface area (Å²) < 4.78 is 0. The molecular weight excluding hydrogens is 358 g/mol. The van der Waals surface area contributed by atoms with Crippen molar-refractivity contribution in [2.45, 2.75) is 31.7 Å². The Kier molecular flexibility index (Phi) is 6.00. The Bertz CT molecular complexity index is 896. The van der Waals surface area contributed by atoms with Crippen molar-refractivity contribution in [1.29, 1.82) is 5.41 Å². The quantitative estimate of drug-likeness (QED) is 0.242. The van der Waals surface area contributed by atoms with Crippen molar-refractivity contribution in [3.63, 3.8) is 0 Å². The summed E-state index contributed by atoms with van der Waals surface area (Å²) in [6, 6.07) is 7.12. The molecule has 2 aromatic rings. The summed E-state index contributed by atoms with van der Waals surface area (Å²) in [7, 11) is 0. The van der Waals surface area contributed by atoms with Gasteiger partial charge in [0.05, 0.1) is 11.7 Å². The van der Waals surface area contributed by atoms with Crippen LogP contribution in [0.3, 0.4) is 0 Å². The summed E-state index contributed by atoms with van der Waals surface area (Å²) in [5, 5.41) is 18.1. The monoisotopic (exact) mass is 381 g/mol. The van der Waals surface area contributed by atoms with E-state index in [0.29, 0.717) is 23.0 Å². The molecule has 1 fully saturated rings. The van der Waals surface area contributed by atoms with Gasteiger partial charge in [0, 0.05) is 17.6 Å². The predicted molar refractivity (Wildman–Crippen MR) is 110 cm³/mol. The predicted octanol–water partition coefficient (Wildman–Crippen LogP) is 2.01. The lowest BCUT2D eigenvalue weighted by Gasteiger charge is -2.24. The first kappa shape index (κ1) is 19.1. The molecule has 1 saturated carbocycles. The van der Waals surface area contributed by atoms with E-state index in [4.69, 9.17) is 16.9 Å². The van der Waals surface area contributed by atoms with Crippen LogP contribution in [0.15, 0.2) is 35.6 Å². The van der Waals surface area contributed by atoms with Crippen LogP contribution in [0.2, 0.25) is 0 Å². The van der Waals surface area contributed by atoms with Crippen LogP contribution in [0.5, 0.6) is 0 Å². The number of nitrogens with zero attached hydrogens (tertiary/aromatic N) is 3. The maximum Gasteiger partial charge on any atom is 0.254 e. The summed E-state index contributed by atoms with van der Waals surface area (Å²) in [4.78, 5) is 20.4. The maximum absolute atomic E-state index is 11.8. The normalized spacial score (nSPS) is 16.7. The number of rotatable bonds is 7. The highest BCUT2D eigenvalue weighted by atomic mass is 16.1. The number of amides is 1. The van der Waals surface area contributed by atoms with E-state index in [1.54, 1.807) is 6.07 Å². The molecule has 1 amide bonds. The van der Waals surface area contributed by atoms with Crippen molar-refractivity contribution >= 4 is 41.1 Å². The maximum atomic E-state index is 11.8. The lowest BCUT2D eigenvalue weighted by molar-refractivity contribution is 0.100. The van der Waals surface area contributed by atoms with E-state index in [-0.39, 0.29) is 17.4 Å². The highest BCUT2D eigenvalue weighted by molar-refractivity contribution is 5.98. The van der Waals surface area contributed by atoms with E-state index in [2.05, 4.69) is 31.1 Å². The molecule has 1 heterocycles. The van der Waals surface area contributed by atoms with Gasteiger partial charge in [-0.05, 0) is 37.5 Å². The van der Waals surface area contributed by atoms with Crippen LogP contribution >= 0.6 is 0 Å². The minimum Gasteiger partial charge on any atom is -0.388 e. The van der Waals surface area contributed by atoms with Crippen molar-refractivity contribution in [1.82, 2.24) is 9.97 Å². The van der Waals surface area contributed by atoms with Gasteiger partial charge in [-0.25, -0.2) is 4.98 Å². The van der Waals surface area contributed by atoms with Crippen molar-refractivity contribution in [2.75, 3.05) is 16.1 Å². The lowest BCUT2D eigenvalue weighted by atomic mass is 9.93. The highest BCUT2D eigenvalue weighted by Crippen LogP contribution is 2.23. The number of hydrogen-bond donors (Lipinski definition) is 6. The lowest BCUT2D eigenvalue weighted by Crippen LogP contribution is -2.32. The minimum atomic E-state index is -0.638. The number of hydrazone groups is 1. The first-order valence-electron chi connectivity index (χ1n) is 8.94. The van der Waals surface area contributed by atoms with E-state index >= 15 is 0 Å². The molecule has 28 heavy (non-hydrogen) atoms. The first-order valence-corrected chi connectivity index (χ1v) is 8.94. The smallest absolute Gasteiger partial charge is 0.254 e. The molecular formula is C18H23N9O. The van der Waals surface area contributed by atoms with Crippen molar-refractivity contribution in [3.8, 4) is 0 Å². The summed E-state index contributed by atoms with van der Waals surface area (Å²) in [6.45, 7) is 0. The molecule has 3 rings (SSSR count). The van der Waals surface area contributed by atoms with E-state index in [1.165, 1.54) is 6.20 Å². The van der Waals surface area contributed by atoms with Crippen molar-refractivity contribution < 1.29 is 4.79 Å². The zero-order valence-electron chi connectivity index (χ0n) is 15.3. The van der Waals surface area contributed by atoms with Crippen LogP contribution in [0.25, 0.3) is 0 Å². The van der Waals surface area contributed by atoms with Gasteiger partial charge in [0.25, 0.3) is 5.91 Å². The highest BCUT2D eigenvalue weighted by Gasteiger charge is 2.20. The average molecular weight is 381 g/mol. The van der Waals surface area contributed by atoms with Gasteiger partial charge in [0.15, 0.2) is 0 Å². The van der Waals surface area contributed by atoms with Crippen molar-refractivity contribution in [2.24, 2.45) is 16.6 Å². The molecule has 0 radical (unpaired) electrons. The van der Waals surface area contributed by atoms with Gasteiger partial charge in [0.2, 0.25) is 5.95 Å². The Labute approximate surface area is 162 Å². The fraction of sp³-hybridized carbons (Fsp3) is 0.278. The molecule has 0 unspecified atom stereocenters. The van der Waals surface area contributed by atoms with Crippen molar-refractivity contribution in [3.05, 3.63) is 36.0 Å². The Morgan fingerprint density at radius 3 is 2.89 bits per heavy atom. The fourth-order valence-electron chi connectivity index (χ4n) is 2.97. The number of primary amides is 1. The molecule has 0 bridgehead atoms. The van der Waals surface area contributed by atoms with Gasteiger partial charge in [-0.3, -0.25) is 10.2 Å². The van der Waals surface area contributed by atoms with Crippen LogP contribution in [0, 0.1) is 5.41 Å². The molecule has 1 aromatic carbocycles. The van der Waals surface area contributed by atoms with Gasteiger partial charge in [-0.15, -0.1) is 0 Å². The van der Waals surface area contributed by atoms with E-state index in [1.807, 2.05) is 18.2 Å². The van der Waals surface area contributed by atoms with Crippen LogP contribution < -0.4 is 27.5 Å². The standard InChI is InChI=1S/C18H23N9O/c19-10-23-27-12-5-3-4-11(8-12)24-17-13(16(21)28)9-22-18(26-17)25-15-7-2-1-6-14(15)20/h3-5,8-10,15,20,27H,1-2,6-7H2,(H2,19,23)(H2,21,28)(H2,22,24,25,26)/t15-/m1/s1. The molecule has 0 saturated heterocycles. The molecule has 1 aliphatic carbocycles. The zero-order valence-corrected chi connectivity index (χ0v) is 15.3. The second-order valence-corrected chi connectivity index (χ2v) is 6.38. The molecule has 0 spiro atoms. The van der Waals surface area contributed by atoms with Crippen LogP contribution in [-0.4, -0.2) is 34.0 Å².